The summed E-state index contributed by atoms with van der Waals surface area (Å²) in [6.45, 7) is 3.13. The highest BCUT2D eigenvalue weighted by Gasteiger charge is 2.27. The summed E-state index contributed by atoms with van der Waals surface area (Å²) < 4.78 is 32.1. The molecule has 25 heavy (non-hydrogen) atoms. The first-order chi connectivity index (χ1) is 11.8. The van der Waals surface area contributed by atoms with E-state index in [1.54, 1.807) is 32.0 Å². The summed E-state index contributed by atoms with van der Waals surface area (Å²) >= 11 is 1.48. The van der Waals surface area contributed by atoms with Crippen molar-refractivity contribution >= 4 is 33.7 Å². The first-order valence-electron chi connectivity index (χ1n) is 7.78. The lowest BCUT2D eigenvalue weighted by atomic mass is 10.2. The molecule has 0 heterocycles. The van der Waals surface area contributed by atoms with E-state index in [9.17, 15) is 18.0 Å². The Labute approximate surface area is 153 Å². The first kappa shape index (κ1) is 21.5. The lowest BCUT2D eigenvalue weighted by molar-refractivity contribution is -0.150. The maximum absolute atomic E-state index is 12.4. The van der Waals surface area contributed by atoms with Crippen LogP contribution in [-0.2, 0) is 24.3 Å². The highest BCUT2D eigenvalue weighted by molar-refractivity contribution is 7.98. The number of esters is 1. The Hall–Kier alpha value is -1.58. The Kier molecular flexibility index (Phi) is 8.95. The molecule has 1 atom stereocenters. The molecule has 1 aromatic rings. The molecule has 9 heteroatoms. The van der Waals surface area contributed by atoms with Crippen molar-refractivity contribution in [2.24, 2.45) is 0 Å². The number of hydrogen-bond acceptors (Lipinski definition) is 6. The van der Waals surface area contributed by atoms with Crippen molar-refractivity contribution in [2.75, 3.05) is 18.6 Å². The van der Waals surface area contributed by atoms with Crippen LogP contribution in [0.3, 0.4) is 0 Å². The molecule has 7 nitrogen and oxygen atoms in total. The summed E-state index contributed by atoms with van der Waals surface area (Å²) in [5.41, 5.74) is 0. The lowest BCUT2D eigenvalue weighted by Crippen LogP contribution is -2.43. The van der Waals surface area contributed by atoms with Crippen molar-refractivity contribution in [3.8, 4) is 0 Å². The smallest absolute Gasteiger partial charge is 0.324 e. The van der Waals surface area contributed by atoms with Gasteiger partial charge in [0.25, 0.3) is 5.91 Å². The van der Waals surface area contributed by atoms with E-state index in [0.29, 0.717) is 5.75 Å². The van der Waals surface area contributed by atoms with Crippen LogP contribution >= 0.6 is 11.8 Å². The van der Waals surface area contributed by atoms with Gasteiger partial charge in [0.2, 0.25) is 10.0 Å². The van der Waals surface area contributed by atoms with E-state index >= 15 is 0 Å². The number of amides is 1. The molecule has 0 aliphatic heterocycles. The Morgan fingerprint density at radius 3 is 2.40 bits per heavy atom. The van der Waals surface area contributed by atoms with Gasteiger partial charge in [-0.1, -0.05) is 18.2 Å². The number of thioether (sulfide) groups is 1. The normalized spacial score (nSPS) is 12.6. The average molecular weight is 389 g/mol. The second kappa shape index (κ2) is 10.4. The maximum Gasteiger partial charge on any atom is 0.324 e. The molecule has 140 valence electrons. The van der Waals surface area contributed by atoms with E-state index in [-0.39, 0.29) is 17.4 Å². The summed E-state index contributed by atoms with van der Waals surface area (Å²) in [5, 5.41) is 2.60. The van der Waals surface area contributed by atoms with E-state index < -0.39 is 34.5 Å². The zero-order valence-electron chi connectivity index (χ0n) is 14.5. The van der Waals surface area contributed by atoms with Crippen LogP contribution in [0.2, 0.25) is 0 Å². The van der Waals surface area contributed by atoms with Gasteiger partial charge in [-0.05, 0) is 44.4 Å². The summed E-state index contributed by atoms with van der Waals surface area (Å²) in [6.07, 6.45) is 2.11. The molecule has 1 rings (SSSR count). The highest BCUT2D eigenvalue weighted by Crippen LogP contribution is 2.11. The van der Waals surface area contributed by atoms with Crippen LogP contribution in [0.1, 0.15) is 20.3 Å². The van der Waals surface area contributed by atoms with Gasteiger partial charge in [-0.3, -0.25) is 9.59 Å². The molecule has 2 N–H and O–H groups in total. The molecular weight excluding hydrogens is 364 g/mol. The largest absolute Gasteiger partial charge is 0.454 e. The van der Waals surface area contributed by atoms with Crippen LogP contribution in [0, 0.1) is 0 Å². The Morgan fingerprint density at radius 2 is 1.84 bits per heavy atom. The fourth-order valence-corrected chi connectivity index (χ4v) is 3.63. The van der Waals surface area contributed by atoms with Crippen LogP contribution in [0.5, 0.6) is 0 Å². The third-order valence-electron chi connectivity index (χ3n) is 3.04. The molecule has 0 radical (unpaired) electrons. The summed E-state index contributed by atoms with van der Waals surface area (Å²) in [4.78, 5) is 23.8. The minimum Gasteiger partial charge on any atom is -0.454 e. The number of rotatable bonds is 10. The molecule has 0 saturated heterocycles. The third kappa shape index (κ3) is 7.89. The summed E-state index contributed by atoms with van der Waals surface area (Å²) in [5.74, 6) is -0.639. The maximum atomic E-state index is 12.4. The van der Waals surface area contributed by atoms with E-state index in [1.165, 1.54) is 23.9 Å². The zero-order valence-corrected chi connectivity index (χ0v) is 16.2. The van der Waals surface area contributed by atoms with Gasteiger partial charge in [-0.25, -0.2) is 8.42 Å². The van der Waals surface area contributed by atoms with E-state index in [0.717, 1.165) is 0 Å². The fraction of sp³-hybridized carbons (Fsp3) is 0.500. The topological polar surface area (TPSA) is 102 Å². The van der Waals surface area contributed by atoms with Crippen LogP contribution in [0.4, 0.5) is 0 Å². The predicted octanol–water partition coefficient (Wildman–Crippen LogP) is 1.15. The fourth-order valence-electron chi connectivity index (χ4n) is 1.92. The minimum atomic E-state index is -3.85. The van der Waals surface area contributed by atoms with Gasteiger partial charge in [0.15, 0.2) is 6.61 Å². The number of benzene rings is 1. The third-order valence-corrected chi connectivity index (χ3v) is 5.17. The standard InChI is InChI=1S/C16H24N2O5S2/c1-12(2)17-15(19)11-23-16(20)14(9-10-24-3)18-25(21,22)13-7-5-4-6-8-13/h4-8,12,14,18H,9-11H2,1-3H3,(H,17,19). The van der Waals surface area contributed by atoms with Crippen molar-refractivity contribution in [1.82, 2.24) is 10.0 Å². The van der Waals surface area contributed by atoms with Crippen molar-refractivity contribution < 1.29 is 22.7 Å². The Bertz CT molecular complexity index is 662. The van der Waals surface area contributed by atoms with Crippen molar-refractivity contribution in [3.63, 3.8) is 0 Å². The first-order valence-corrected chi connectivity index (χ1v) is 10.7. The number of ether oxygens (including phenoxy) is 1. The molecule has 0 saturated carbocycles. The van der Waals surface area contributed by atoms with Crippen molar-refractivity contribution in [2.45, 2.75) is 37.2 Å². The molecule has 1 aromatic carbocycles. The van der Waals surface area contributed by atoms with E-state index in [4.69, 9.17) is 4.74 Å². The Morgan fingerprint density at radius 1 is 1.20 bits per heavy atom. The molecule has 0 bridgehead atoms. The van der Waals surface area contributed by atoms with Crippen LogP contribution in [0.25, 0.3) is 0 Å². The summed E-state index contributed by atoms with van der Waals surface area (Å²) in [7, 11) is -3.85. The van der Waals surface area contributed by atoms with E-state index in [1.807, 2.05) is 6.26 Å². The van der Waals surface area contributed by atoms with Gasteiger partial charge in [0.1, 0.15) is 6.04 Å². The van der Waals surface area contributed by atoms with Gasteiger partial charge < -0.3 is 10.1 Å². The molecule has 0 spiro atoms. The van der Waals surface area contributed by atoms with Gasteiger partial charge in [-0.2, -0.15) is 16.5 Å². The predicted molar refractivity (Wildman–Crippen MR) is 97.8 cm³/mol. The molecule has 0 aliphatic rings. The molecule has 1 amide bonds. The van der Waals surface area contributed by atoms with Gasteiger partial charge >= 0.3 is 5.97 Å². The van der Waals surface area contributed by atoms with Crippen LogP contribution in [-0.4, -0.2) is 51.0 Å². The van der Waals surface area contributed by atoms with Crippen LogP contribution < -0.4 is 10.0 Å². The molecule has 1 unspecified atom stereocenters. The number of sulfonamides is 1. The molecule has 0 aromatic heterocycles. The second-order valence-electron chi connectivity index (χ2n) is 5.60. The number of carbonyl (C=O) groups excluding carboxylic acids is 2. The highest BCUT2D eigenvalue weighted by atomic mass is 32.2. The number of nitrogens with one attached hydrogen (secondary N) is 2. The molecule has 0 aliphatic carbocycles. The number of hydrogen-bond donors (Lipinski definition) is 2. The lowest BCUT2D eigenvalue weighted by Gasteiger charge is -2.17. The monoisotopic (exact) mass is 388 g/mol. The zero-order chi connectivity index (χ0) is 18.9. The Balaban J connectivity index is 2.76. The van der Waals surface area contributed by atoms with Gasteiger partial charge in [-0.15, -0.1) is 0 Å². The number of carbonyl (C=O) groups is 2. The van der Waals surface area contributed by atoms with Crippen molar-refractivity contribution in [3.05, 3.63) is 30.3 Å². The van der Waals surface area contributed by atoms with Crippen molar-refractivity contribution in [1.29, 1.82) is 0 Å². The minimum absolute atomic E-state index is 0.0644. The summed E-state index contributed by atoms with van der Waals surface area (Å²) in [6, 6.07) is 6.65. The SMILES string of the molecule is CSCCC(NS(=O)(=O)c1ccccc1)C(=O)OCC(=O)NC(C)C. The van der Waals surface area contributed by atoms with E-state index in [2.05, 4.69) is 10.0 Å². The molecular formula is C16H24N2O5S2. The second-order valence-corrected chi connectivity index (χ2v) is 8.30. The molecule has 0 fully saturated rings. The average Bonchev–Trinajstić information content (AvgIpc) is 2.56. The van der Waals surface area contributed by atoms with Gasteiger partial charge in [0.05, 0.1) is 4.90 Å². The van der Waals surface area contributed by atoms with Gasteiger partial charge in [0, 0.05) is 6.04 Å². The quantitative estimate of drug-likeness (QED) is 0.583. The van der Waals surface area contributed by atoms with Crippen LogP contribution in [0.15, 0.2) is 35.2 Å².